The molecule has 0 saturated heterocycles. The van der Waals surface area contributed by atoms with Gasteiger partial charge in [-0.1, -0.05) is 40.0 Å². The molecule has 1 heterocycles. The van der Waals surface area contributed by atoms with Gasteiger partial charge in [-0.2, -0.15) is 0 Å². The summed E-state index contributed by atoms with van der Waals surface area (Å²) in [6.07, 6.45) is 8.42. The lowest BCUT2D eigenvalue weighted by Crippen LogP contribution is -2.30. The van der Waals surface area contributed by atoms with Crippen LogP contribution in [0.25, 0.3) is 0 Å². The lowest BCUT2D eigenvalue weighted by molar-refractivity contribution is 0.319. The van der Waals surface area contributed by atoms with Gasteiger partial charge in [-0.3, -0.25) is 0 Å². The van der Waals surface area contributed by atoms with E-state index in [1.807, 2.05) is 0 Å². The van der Waals surface area contributed by atoms with Crippen LogP contribution < -0.4 is 5.73 Å². The molecule has 0 aliphatic heterocycles. The van der Waals surface area contributed by atoms with E-state index in [1.165, 1.54) is 32.1 Å². The Labute approximate surface area is 123 Å². The van der Waals surface area contributed by atoms with Crippen LogP contribution in [0.1, 0.15) is 77.0 Å². The van der Waals surface area contributed by atoms with Crippen molar-refractivity contribution in [1.82, 2.24) is 14.8 Å². The number of rotatable bonds is 4. The Kier molecular flexibility index (Phi) is 4.84. The Morgan fingerprint density at radius 2 is 1.85 bits per heavy atom. The molecule has 1 unspecified atom stereocenters. The summed E-state index contributed by atoms with van der Waals surface area (Å²) in [5.74, 6) is 2.14. The quantitative estimate of drug-likeness (QED) is 0.918. The summed E-state index contributed by atoms with van der Waals surface area (Å²) < 4.78 is 2.36. The van der Waals surface area contributed by atoms with Crippen molar-refractivity contribution in [2.24, 2.45) is 11.1 Å². The third kappa shape index (κ3) is 4.05. The van der Waals surface area contributed by atoms with Gasteiger partial charge in [0.15, 0.2) is 0 Å². The minimum absolute atomic E-state index is 0.168. The van der Waals surface area contributed by atoms with Crippen molar-refractivity contribution in [3.8, 4) is 0 Å². The molecule has 1 aliphatic rings. The average Bonchev–Trinajstić information content (AvgIpc) is 2.69. The predicted octanol–water partition coefficient (Wildman–Crippen LogP) is 3.40. The zero-order chi connectivity index (χ0) is 14.8. The number of aromatic nitrogens is 3. The Morgan fingerprint density at radius 1 is 1.20 bits per heavy atom. The van der Waals surface area contributed by atoms with E-state index in [-0.39, 0.29) is 11.5 Å². The van der Waals surface area contributed by atoms with Crippen LogP contribution in [0.5, 0.6) is 0 Å². The van der Waals surface area contributed by atoms with Crippen molar-refractivity contribution < 1.29 is 0 Å². The van der Waals surface area contributed by atoms with Gasteiger partial charge in [-0.05, 0) is 31.6 Å². The summed E-state index contributed by atoms with van der Waals surface area (Å²) in [7, 11) is 0. The smallest absolute Gasteiger partial charge is 0.134 e. The van der Waals surface area contributed by atoms with Gasteiger partial charge >= 0.3 is 0 Å². The molecular formula is C16H30N4. The molecule has 4 heteroatoms. The predicted molar refractivity (Wildman–Crippen MR) is 82.6 cm³/mol. The number of hydrogen-bond acceptors (Lipinski definition) is 3. The van der Waals surface area contributed by atoms with Gasteiger partial charge in [-0.15, -0.1) is 10.2 Å². The summed E-state index contributed by atoms with van der Waals surface area (Å²) in [5, 5.41) is 8.69. The Hall–Kier alpha value is -0.900. The average molecular weight is 278 g/mol. The summed E-state index contributed by atoms with van der Waals surface area (Å²) in [6.45, 7) is 8.79. The first kappa shape index (κ1) is 15.5. The van der Waals surface area contributed by atoms with Crippen molar-refractivity contribution in [2.45, 2.75) is 84.7 Å². The second-order valence-corrected chi connectivity index (χ2v) is 7.55. The molecule has 1 saturated carbocycles. The zero-order valence-electron chi connectivity index (χ0n) is 13.5. The first-order valence-corrected chi connectivity index (χ1v) is 8.03. The molecule has 0 aromatic carbocycles. The highest BCUT2D eigenvalue weighted by Gasteiger charge is 2.23. The van der Waals surface area contributed by atoms with E-state index in [9.17, 15) is 0 Å². The van der Waals surface area contributed by atoms with Crippen LogP contribution in [-0.4, -0.2) is 20.8 Å². The van der Waals surface area contributed by atoms with Gasteiger partial charge in [-0.25, -0.2) is 0 Å². The maximum absolute atomic E-state index is 6.32. The summed E-state index contributed by atoms with van der Waals surface area (Å²) >= 11 is 0. The molecule has 2 rings (SSSR count). The molecule has 0 amide bonds. The van der Waals surface area contributed by atoms with Crippen LogP contribution in [0, 0.1) is 12.3 Å². The Balaban J connectivity index is 2.08. The molecule has 0 bridgehead atoms. The van der Waals surface area contributed by atoms with Crippen LogP contribution in [0.3, 0.4) is 0 Å². The van der Waals surface area contributed by atoms with Crippen LogP contribution in [0.2, 0.25) is 0 Å². The fourth-order valence-electron chi connectivity index (χ4n) is 3.46. The van der Waals surface area contributed by atoms with Crippen molar-refractivity contribution in [2.75, 3.05) is 0 Å². The van der Waals surface area contributed by atoms with E-state index in [0.29, 0.717) is 6.04 Å². The summed E-state index contributed by atoms with van der Waals surface area (Å²) in [5.41, 5.74) is 6.59. The number of nitrogens with two attached hydrogens (primary N) is 1. The Bertz CT molecular complexity index is 424. The second-order valence-electron chi connectivity index (χ2n) is 7.55. The topological polar surface area (TPSA) is 56.7 Å². The first-order valence-electron chi connectivity index (χ1n) is 8.03. The van der Waals surface area contributed by atoms with Gasteiger partial charge < -0.3 is 10.3 Å². The molecule has 1 aromatic heterocycles. The van der Waals surface area contributed by atoms with Gasteiger partial charge in [0.05, 0.1) is 0 Å². The molecule has 1 aromatic rings. The number of hydrogen-bond donors (Lipinski definition) is 1. The molecule has 0 radical (unpaired) electrons. The fourth-order valence-corrected chi connectivity index (χ4v) is 3.46. The summed E-state index contributed by atoms with van der Waals surface area (Å²) in [4.78, 5) is 0. The van der Waals surface area contributed by atoms with Gasteiger partial charge in [0.1, 0.15) is 11.6 Å². The SMILES string of the molecule is Cc1nnc(CC(N)CC(C)(C)C)n1C1CCCCC1. The van der Waals surface area contributed by atoms with E-state index < -0.39 is 0 Å². The molecule has 114 valence electrons. The van der Waals surface area contributed by atoms with Gasteiger partial charge in [0.25, 0.3) is 0 Å². The monoisotopic (exact) mass is 278 g/mol. The lowest BCUT2D eigenvalue weighted by atomic mass is 9.87. The maximum Gasteiger partial charge on any atom is 0.134 e. The molecule has 20 heavy (non-hydrogen) atoms. The standard InChI is InChI=1S/C16H30N4/c1-12-18-19-15(10-13(17)11-16(2,3)4)20(12)14-8-6-5-7-9-14/h13-14H,5-11,17H2,1-4H3. The third-order valence-corrected chi connectivity index (χ3v) is 4.20. The van der Waals surface area contributed by atoms with Crippen molar-refractivity contribution in [3.63, 3.8) is 0 Å². The van der Waals surface area contributed by atoms with Gasteiger partial charge in [0.2, 0.25) is 0 Å². The van der Waals surface area contributed by atoms with Crippen LogP contribution in [-0.2, 0) is 6.42 Å². The van der Waals surface area contributed by atoms with E-state index in [2.05, 4.69) is 42.5 Å². The van der Waals surface area contributed by atoms with Crippen LogP contribution in [0.15, 0.2) is 0 Å². The largest absolute Gasteiger partial charge is 0.327 e. The zero-order valence-corrected chi connectivity index (χ0v) is 13.5. The van der Waals surface area contributed by atoms with E-state index in [1.54, 1.807) is 0 Å². The molecule has 0 spiro atoms. The molecule has 2 N–H and O–H groups in total. The van der Waals surface area contributed by atoms with E-state index in [0.717, 1.165) is 24.5 Å². The number of nitrogens with zero attached hydrogens (tertiary/aromatic N) is 3. The highest BCUT2D eigenvalue weighted by atomic mass is 15.3. The highest BCUT2D eigenvalue weighted by molar-refractivity contribution is 5.00. The minimum atomic E-state index is 0.168. The normalized spacial score (nSPS) is 19.2. The molecule has 1 fully saturated rings. The van der Waals surface area contributed by atoms with Crippen molar-refractivity contribution in [1.29, 1.82) is 0 Å². The van der Waals surface area contributed by atoms with Crippen molar-refractivity contribution >= 4 is 0 Å². The Morgan fingerprint density at radius 3 is 2.45 bits per heavy atom. The minimum Gasteiger partial charge on any atom is -0.327 e. The lowest BCUT2D eigenvalue weighted by Gasteiger charge is -2.27. The van der Waals surface area contributed by atoms with Crippen LogP contribution in [0.4, 0.5) is 0 Å². The number of aryl methyl sites for hydroxylation is 1. The maximum atomic E-state index is 6.32. The van der Waals surface area contributed by atoms with Crippen molar-refractivity contribution in [3.05, 3.63) is 11.6 Å². The van der Waals surface area contributed by atoms with Crippen LogP contribution >= 0.6 is 0 Å². The summed E-state index contributed by atoms with van der Waals surface area (Å²) in [6, 6.07) is 0.761. The van der Waals surface area contributed by atoms with E-state index >= 15 is 0 Å². The fraction of sp³-hybridized carbons (Fsp3) is 0.875. The van der Waals surface area contributed by atoms with Gasteiger partial charge in [0, 0.05) is 18.5 Å². The second kappa shape index (κ2) is 6.25. The molecule has 4 nitrogen and oxygen atoms in total. The molecule has 1 atom stereocenters. The molecular weight excluding hydrogens is 248 g/mol. The first-order chi connectivity index (χ1) is 9.37. The van der Waals surface area contributed by atoms with E-state index in [4.69, 9.17) is 5.73 Å². The third-order valence-electron chi connectivity index (χ3n) is 4.20. The molecule has 1 aliphatic carbocycles. The highest BCUT2D eigenvalue weighted by Crippen LogP contribution is 2.30.